The van der Waals surface area contributed by atoms with Crippen molar-refractivity contribution in [3.05, 3.63) is 0 Å². The summed E-state index contributed by atoms with van der Waals surface area (Å²) in [5.74, 6) is 0. The molecule has 1 atom stereocenters. The highest BCUT2D eigenvalue weighted by Gasteiger charge is 1.45. The lowest BCUT2D eigenvalue weighted by Gasteiger charge is -1.08. The fraction of sp³-hybridized carbons (Fsp3) is 1.00. The zero-order valence-corrected chi connectivity index (χ0v) is 4.36. The Morgan fingerprint density at radius 2 is 1.60 bits per heavy atom. The molecule has 1 N–H and O–H groups in total. The van der Waals surface area contributed by atoms with Crippen LogP contribution in [0, 0.1) is 0 Å². The molecule has 0 aliphatic rings. The maximum Gasteiger partial charge on any atom is 0.491 e. The van der Waals surface area contributed by atoms with Crippen LogP contribution in [0.1, 0.15) is 13.8 Å². The van der Waals surface area contributed by atoms with Gasteiger partial charge in [0.25, 0.3) is 0 Å². The highest BCUT2D eigenvalue weighted by Crippen LogP contribution is 1.66. The molecule has 0 bridgehead atoms. The topological polar surface area (TPSA) is 37.3 Å². The molecule has 0 aromatic carbocycles. The summed E-state index contributed by atoms with van der Waals surface area (Å²) in [4.78, 5) is 7.04. The minimum absolute atomic E-state index is 1.17. The molecule has 0 aromatic rings. The third-order valence-corrected chi connectivity index (χ3v) is 0. The summed E-state index contributed by atoms with van der Waals surface area (Å²) in [6, 6.07) is 0. The first-order chi connectivity index (χ1) is 2.41. The fourth-order valence-corrected chi connectivity index (χ4v) is 0. The van der Waals surface area contributed by atoms with E-state index in [1.165, 1.54) is 0 Å². The molecule has 5 heavy (non-hydrogen) atoms. The van der Waals surface area contributed by atoms with Crippen LogP contribution in [0.25, 0.3) is 0 Å². The van der Waals surface area contributed by atoms with E-state index in [-0.39, 0.29) is 0 Å². The van der Waals surface area contributed by atoms with Crippen LogP contribution in [0.2, 0.25) is 0 Å². The highest BCUT2D eigenvalue weighted by molar-refractivity contribution is 7.16. The third kappa shape index (κ3) is 4790. The Morgan fingerprint density at radius 1 is 1.60 bits per heavy atom. The molecule has 0 aliphatic carbocycles. The summed E-state index contributed by atoms with van der Waals surface area (Å²) in [7, 11) is -1.17. The van der Waals surface area contributed by atoms with E-state index in [0.29, 0.717) is 0 Å². The lowest BCUT2D eigenvalue weighted by Crippen LogP contribution is -1.03. The Kier molecular flexibility index (Phi) is 60.3. The van der Waals surface area contributed by atoms with Crippen molar-refractivity contribution in [3.8, 4) is 0 Å². The predicted molar refractivity (Wildman–Crippen MR) is 22.6 cm³/mol. The smallest absolute Gasteiger partial charge is 0.162 e. The molecule has 0 amide bonds. The Balaban J connectivity index is 0. The normalized spacial score (nSPS) is 5.40. The van der Waals surface area contributed by atoms with E-state index in [4.69, 9.17) is 9.46 Å². The molecule has 0 aliphatic heterocycles. The van der Waals surface area contributed by atoms with Crippen LogP contribution in [-0.2, 0) is 4.57 Å². The second-order valence-electron chi connectivity index (χ2n) is 0.0913. The summed E-state index contributed by atoms with van der Waals surface area (Å²) < 4.78 is 8.51. The molecule has 3 heteroatoms. The second kappa shape index (κ2) is 33.8. The Hall–Kier alpha value is 0.0600. The molecule has 0 spiro atoms. The molecule has 0 saturated carbocycles. The molecule has 0 radical (unpaired) electrons. The van der Waals surface area contributed by atoms with Crippen LogP contribution in [0.3, 0.4) is 0 Å². The summed E-state index contributed by atoms with van der Waals surface area (Å²) >= 11 is 0. The average molecular weight is 95.1 g/mol. The first-order valence-electron chi connectivity index (χ1n) is 1.43. The molecule has 0 rings (SSSR count). The second-order valence-corrected chi connectivity index (χ2v) is 0.274. The van der Waals surface area contributed by atoms with Gasteiger partial charge in [0.15, 0.2) is 0 Å². The molecule has 0 heterocycles. The van der Waals surface area contributed by atoms with E-state index in [2.05, 4.69) is 0 Å². The van der Waals surface area contributed by atoms with Crippen LogP contribution in [0.15, 0.2) is 0 Å². The maximum absolute atomic E-state index is 8.51. The van der Waals surface area contributed by atoms with Gasteiger partial charge in [-0.1, -0.05) is 13.8 Å². The van der Waals surface area contributed by atoms with Crippen molar-refractivity contribution in [1.29, 1.82) is 0 Å². The monoisotopic (exact) mass is 95.0 g/mol. The van der Waals surface area contributed by atoms with Gasteiger partial charge in [-0.2, -0.15) is 4.89 Å². The van der Waals surface area contributed by atoms with Gasteiger partial charge in [0, 0.05) is 0 Å². The molecule has 0 saturated heterocycles. The van der Waals surface area contributed by atoms with Crippen LogP contribution in [0.4, 0.5) is 0 Å². The fourth-order valence-electron chi connectivity index (χ4n) is 0. The van der Waals surface area contributed by atoms with Gasteiger partial charge < -0.3 is 0 Å². The van der Waals surface area contributed by atoms with Crippen molar-refractivity contribution < 1.29 is 9.46 Å². The van der Waals surface area contributed by atoms with E-state index < -0.39 is 8.69 Å². The minimum atomic E-state index is -1.17. The third-order valence-electron chi connectivity index (χ3n) is 0. The van der Waals surface area contributed by atoms with Crippen molar-refractivity contribution in [3.63, 3.8) is 0 Å². The number of hydrogen-bond acceptors (Lipinski definition) is 1. The van der Waals surface area contributed by atoms with E-state index in [1.54, 1.807) is 0 Å². The first-order valence-corrected chi connectivity index (χ1v) is 2.28. The van der Waals surface area contributed by atoms with E-state index in [1.807, 2.05) is 13.8 Å². The quantitative estimate of drug-likeness (QED) is 0.454. The molecule has 0 fully saturated rings. The molecule has 2 nitrogen and oxygen atoms in total. The maximum atomic E-state index is 8.51. The van der Waals surface area contributed by atoms with Crippen molar-refractivity contribution in [1.82, 2.24) is 0 Å². The van der Waals surface area contributed by atoms with Gasteiger partial charge in [-0.3, -0.25) is 0 Å². The van der Waals surface area contributed by atoms with Gasteiger partial charge in [0.1, 0.15) is 0 Å². The molecular weight excluding hydrogens is 87.0 g/mol. The van der Waals surface area contributed by atoms with Crippen molar-refractivity contribution in [2.75, 3.05) is 0 Å². The Labute approximate surface area is 33.1 Å². The lowest BCUT2D eigenvalue weighted by molar-refractivity contribution is 0.524. The van der Waals surface area contributed by atoms with E-state index in [0.717, 1.165) is 0 Å². The van der Waals surface area contributed by atoms with Crippen molar-refractivity contribution in [2.24, 2.45) is 0 Å². The van der Waals surface area contributed by atoms with Gasteiger partial charge in [0.2, 0.25) is 0 Å². The minimum Gasteiger partial charge on any atom is -0.162 e. The average Bonchev–Trinajstić information content (AvgIpc) is 1.46. The van der Waals surface area contributed by atoms with Gasteiger partial charge in [-0.25, -0.2) is 0 Å². The van der Waals surface area contributed by atoms with E-state index in [9.17, 15) is 0 Å². The summed E-state index contributed by atoms with van der Waals surface area (Å²) in [6.45, 7) is 4.00. The van der Waals surface area contributed by atoms with Crippen LogP contribution in [0.5, 0.6) is 0 Å². The summed E-state index contributed by atoms with van der Waals surface area (Å²) in [5, 5.41) is 0. The van der Waals surface area contributed by atoms with Gasteiger partial charge >= 0.3 is 8.69 Å². The van der Waals surface area contributed by atoms with Crippen molar-refractivity contribution >= 4 is 8.69 Å². The molecule has 0 aromatic heterocycles. The zero-order valence-electron chi connectivity index (χ0n) is 3.36. The van der Waals surface area contributed by atoms with Crippen LogP contribution in [-0.4, -0.2) is 4.89 Å². The van der Waals surface area contributed by atoms with Crippen LogP contribution < -0.4 is 0 Å². The van der Waals surface area contributed by atoms with E-state index >= 15 is 0 Å². The molecule has 32 valence electrons. The largest absolute Gasteiger partial charge is 0.491 e. The zero-order chi connectivity index (χ0) is 4.71. The predicted octanol–water partition coefficient (Wildman–Crippen LogP) is 0.944. The number of hydrogen-bond donors (Lipinski definition) is 1. The first kappa shape index (κ1) is 8.91. The highest BCUT2D eigenvalue weighted by atomic mass is 31.1. The Morgan fingerprint density at radius 3 is 1.60 bits per heavy atom. The van der Waals surface area contributed by atoms with Gasteiger partial charge in [0.05, 0.1) is 0 Å². The number of rotatable bonds is 0. The van der Waals surface area contributed by atoms with Crippen molar-refractivity contribution in [2.45, 2.75) is 13.8 Å². The SMILES string of the molecule is CC.O=[PH+]O. The van der Waals surface area contributed by atoms with Crippen LogP contribution >= 0.6 is 8.69 Å². The lowest BCUT2D eigenvalue weighted by atomic mass is 11.0. The molecule has 1 unspecified atom stereocenters. The van der Waals surface area contributed by atoms with Gasteiger partial charge in [-0.15, -0.1) is 0 Å². The molecular formula is C2H8O2P+. The summed E-state index contributed by atoms with van der Waals surface area (Å²) in [6.07, 6.45) is 0. The summed E-state index contributed by atoms with van der Waals surface area (Å²) in [5.41, 5.74) is 0. The standard InChI is InChI=1S/C2H6.HO2P/c1-2;1-3-2/h1-2H3;3H/p+1. The van der Waals surface area contributed by atoms with Gasteiger partial charge in [-0.05, 0) is 4.57 Å². The Bertz CT molecular complexity index is 15.1.